The first kappa shape index (κ1) is 24.2. The van der Waals surface area contributed by atoms with Crippen LogP contribution in [0.3, 0.4) is 0 Å². The third kappa shape index (κ3) is 4.01. The summed E-state index contributed by atoms with van der Waals surface area (Å²) in [5.74, 6) is -0.380. The van der Waals surface area contributed by atoms with E-state index in [2.05, 4.69) is 13.8 Å². The van der Waals surface area contributed by atoms with Gasteiger partial charge in [0, 0.05) is 5.56 Å². The number of carbonyl (C=O) groups is 2. The van der Waals surface area contributed by atoms with Gasteiger partial charge in [-0.1, -0.05) is 55.5 Å². The van der Waals surface area contributed by atoms with Crippen LogP contribution >= 0.6 is 11.3 Å². The van der Waals surface area contributed by atoms with E-state index in [0.29, 0.717) is 46.9 Å². The molecule has 1 unspecified atom stereocenters. The van der Waals surface area contributed by atoms with Crippen LogP contribution < -0.4 is 14.4 Å². The molecule has 6 rings (SSSR count). The normalized spacial score (nSPS) is 18.5. The van der Waals surface area contributed by atoms with Crippen LogP contribution in [0.15, 0.2) is 66.2 Å². The zero-order chi connectivity index (χ0) is 26.6. The van der Waals surface area contributed by atoms with Crippen LogP contribution in [0.4, 0.5) is 5.13 Å². The summed E-state index contributed by atoms with van der Waals surface area (Å²) in [6.07, 6.45) is 0. The van der Waals surface area contributed by atoms with Gasteiger partial charge in [0.1, 0.15) is 19.0 Å². The van der Waals surface area contributed by atoms with Crippen LogP contribution in [0.2, 0.25) is 0 Å². The number of Topliss-reactive ketones (excluding diaryl/α,β-unsaturated/α-hetero) is 1. The Kier molecular flexibility index (Phi) is 5.91. The van der Waals surface area contributed by atoms with E-state index in [4.69, 9.17) is 14.5 Å². The van der Waals surface area contributed by atoms with E-state index in [1.807, 2.05) is 49.4 Å². The van der Waals surface area contributed by atoms with Gasteiger partial charge in [-0.25, -0.2) is 4.98 Å². The van der Waals surface area contributed by atoms with E-state index in [1.165, 1.54) is 16.2 Å². The number of benzene rings is 3. The minimum atomic E-state index is -0.842. The van der Waals surface area contributed by atoms with Crippen LogP contribution in [0, 0.1) is 6.92 Å². The van der Waals surface area contributed by atoms with Crippen LogP contribution in [0.5, 0.6) is 11.5 Å². The highest BCUT2D eigenvalue weighted by atomic mass is 32.1. The first-order valence-corrected chi connectivity index (χ1v) is 13.3. The van der Waals surface area contributed by atoms with Gasteiger partial charge in [0.25, 0.3) is 5.78 Å². The number of rotatable bonds is 4. The van der Waals surface area contributed by atoms with Crippen LogP contribution in [0.25, 0.3) is 16.0 Å². The van der Waals surface area contributed by atoms with Gasteiger partial charge >= 0.3 is 5.91 Å². The van der Waals surface area contributed by atoms with Crippen molar-refractivity contribution in [3.05, 3.63) is 88.5 Å². The van der Waals surface area contributed by atoms with Crippen LogP contribution in [0.1, 0.15) is 48.1 Å². The van der Waals surface area contributed by atoms with Gasteiger partial charge in [-0.2, -0.15) is 0 Å². The Hall–Kier alpha value is -4.17. The summed E-state index contributed by atoms with van der Waals surface area (Å²) in [5.41, 5.74) is 4.05. The van der Waals surface area contributed by atoms with Gasteiger partial charge in [-0.05, 0) is 59.9 Å². The van der Waals surface area contributed by atoms with Crippen molar-refractivity contribution in [2.75, 3.05) is 18.1 Å². The Morgan fingerprint density at radius 3 is 2.47 bits per heavy atom. The SMILES string of the molecule is Cc1ccc2nc(N3C(=O)C(=O)C(=C(O)c4ccc5c(c4)OCCO5)C3c3ccc(C(C)C)cc3)sc2c1. The quantitative estimate of drug-likeness (QED) is 0.196. The molecule has 1 fully saturated rings. The van der Waals surface area contributed by atoms with Gasteiger partial charge in [0.15, 0.2) is 16.6 Å². The number of aromatic nitrogens is 1. The summed E-state index contributed by atoms with van der Waals surface area (Å²) in [6.45, 7) is 7.03. The van der Waals surface area contributed by atoms with Gasteiger partial charge in [0.05, 0.1) is 21.8 Å². The number of carbonyl (C=O) groups excluding carboxylic acids is 2. The number of hydrogen-bond donors (Lipinski definition) is 1. The molecule has 0 radical (unpaired) electrons. The zero-order valence-corrected chi connectivity index (χ0v) is 22.0. The smallest absolute Gasteiger partial charge is 0.301 e. The number of aliphatic hydroxyl groups is 1. The molecule has 2 aliphatic rings. The highest BCUT2D eigenvalue weighted by Gasteiger charge is 2.48. The number of aryl methyl sites for hydroxylation is 1. The average molecular weight is 527 g/mol. The summed E-state index contributed by atoms with van der Waals surface area (Å²) in [6, 6.07) is 17.8. The molecule has 38 heavy (non-hydrogen) atoms. The molecular weight excluding hydrogens is 500 g/mol. The van der Waals surface area contributed by atoms with E-state index < -0.39 is 17.7 Å². The zero-order valence-electron chi connectivity index (χ0n) is 21.2. The largest absolute Gasteiger partial charge is 0.507 e. The average Bonchev–Trinajstić information content (AvgIpc) is 3.45. The summed E-state index contributed by atoms with van der Waals surface area (Å²) in [7, 11) is 0. The van der Waals surface area contributed by atoms with Crippen LogP contribution in [-0.4, -0.2) is 35.0 Å². The lowest BCUT2D eigenvalue weighted by Gasteiger charge is -2.23. The molecule has 1 N–H and O–H groups in total. The van der Waals surface area contributed by atoms with Gasteiger partial charge in [-0.15, -0.1) is 0 Å². The molecule has 0 aliphatic carbocycles. The monoisotopic (exact) mass is 526 g/mol. The van der Waals surface area contributed by atoms with E-state index >= 15 is 0 Å². The molecule has 1 aromatic heterocycles. The molecule has 1 saturated heterocycles. The van der Waals surface area contributed by atoms with E-state index in [1.54, 1.807) is 18.2 Å². The number of amides is 1. The molecule has 8 heteroatoms. The van der Waals surface area contributed by atoms with Crippen molar-refractivity contribution in [3.8, 4) is 11.5 Å². The molecule has 1 atom stereocenters. The van der Waals surface area contributed by atoms with Gasteiger partial charge in [0.2, 0.25) is 0 Å². The van der Waals surface area contributed by atoms with Crippen molar-refractivity contribution < 1.29 is 24.2 Å². The fourth-order valence-electron chi connectivity index (χ4n) is 4.88. The Bertz CT molecular complexity index is 1620. The lowest BCUT2D eigenvalue weighted by Crippen LogP contribution is -2.29. The van der Waals surface area contributed by atoms with Crippen molar-refractivity contribution >= 4 is 44.1 Å². The second kappa shape index (κ2) is 9.29. The van der Waals surface area contributed by atoms with Crippen molar-refractivity contribution in [2.24, 2.45) is 0 Å². The molecule has 0 saturated carbocycles. The molecule has 3 aromatic carbocycles. The van der Waals surface area contributed by atoms with Crippen LogP contribution in [-0.2, 0) is 9.59 Å². The minimum absolute atomic E-state index is 0.0133. The Morgan fingerprint density at radius 1 is 1.00 bits per heavy atom. The van der Waals surface area contributed by atoms with E-state index in [9.17, 15) is 14.7 Å². The predicted molar refractivity (Wildman–Crippen MR) is 147 cm³/mol. The first-order chi connectivity index (χ1) is 18.3. The number of thiazole rings is 1. The summed E-state index contributed by atoms with van der Waals surface area (Å²) in [5, 5.41) is 11.9. The number of nitrogens with zero attached hydrogens (tertiary/aromatic N) is 2. The maximum absolute atomic E-state index is 13.5. The minimum Gasteiger partial charge on any atom is -0.507 e. The fraction of sp³-hybridized carbons (Fsp3) is 0.233. The lowest BCUT2D eigenvalue weighted by atomic mass is 9.93. The number of anilines is 1. The standard InChI is InChI=1S/C30H26N2O5S/c1-16(2)18-5-7-19(8-6-18)26-25(27(33)20-9-11-22-23(15-20)37-13-12-36-22)28(34)29(35)32(26)30-31-21-10-4-17(3)14-24(21)38-30/h4-11,14-16,26,33H,12-13H2,1-3H3. The van der Waals surface area contributed by atoms with E-state index in [-0.39, 0.29) is 11.3 Å². The summed E-state index contributed by atoms with van der Waals surface area (Å²) in [4.78, 5) is 33.2. The second-order valence-electron chi connectivity index (χ2n) is 9.82. The molecular formula is C30H26N2O5S. The van der Waals surface area contributed by atoms with Gasteiger partial charge < -0.3 is 14.6 Å². The maximum Gasteiger partial charge on any atom is 0.301 e. The third-order valence-electron chi connectivity index (χ3n) is 6.92. The van der Waals surface area contributed by atoms with Gasteiger partial charge in [-0.3, -0.25) is 14.5 Å². The highest BCUT2D eigenvalue weighted by Crippen LogP contribution is 2.45. The lowest BCUT2D eigenvalue weighted by molar-refractivity contribution is -0.132. The summed E-state index contributed by atoms with van der Waals surface area (Å²) < 4.78 is 12.2. The molecule has 0 spiro atoms. The summed E-state index contributed by atoms with van der Waals surface area (Å²) >= 11 is 1.35. The molecule has 2 aliphatic heterocycles. The Balaban J connectivity index is 1.53. The molecule has 3 heterocycles. The number of aliphatic hydroxyl groups excluding tert-OH is 1. The number of ether oxygens (including phenoxy) is 2. The molecule has 192 valence electrons. The maximum atomic E-state index is 13.5. The van der Waals surface area contributed by atoms with Crippen molar-refractivity contribution in [1.29, 1.82) is 0 Å². The Morgan fingerprint density at radius 2 is 1.74 bits per heavy atom. The predicted octanol–water partition coefficient (Wildman–Crippen LogP) is 6.13. The van der Waals surface area contributed by atoms with Crippen molar-refractivity contribution in [3.63, 3.8) is 0 Å². The fourth-order valence-corrected chi connectivity index (χ4v) is 5.97. The Labute approximate surface area is 224 Å². The first-order valence-electron chi connectivity index (χ1n) is 12.5. The third-order valence-corrected chi connectivity index (χ3v) is 7.94. The van der Waals surface area contributed by atoms with E-state index in [0.717, 1.165) is 21.3 Å². The number of ketones is 1. The molecule has 1 amide bonds. The molecule has 4 aromatic rings. The number of hydrogen-bond acceptors (Lipinski definition) is 7. The van der Waals surface area contributed by atoms with Crippen molar-refractivity contribution in [2.45, 2.75) is 32.7 Å². The molecule has 7 nitrogen and oxygen atoms in total. The topological polar surface area (TPSA) is 89.0 Å². The number of fused-ring (bicyclic) bond motifs is 2. The second-order valence-corrected chi connectivity index (χ2v) is 10.8. The van der Waals surface area contributed by atoms with Crippen molar-refractivity contribution in [1.82, 2.24) is 4.98 Å². The highest BCUT2D eigenvalue weighted by molar-refractivity contribution is 7.22. The molecule has 0 bridgehead atoms.